The quantitative estimate of drug-likeness (QED) is 0.245. The van der Waals surface area contributed by atoms with E-state index in [-0.39, 0.29) is 100 Å². The second-order valence-corrected chi connectivity index (χ2v) is 9.61. The molecule has 3 aromatic rings. The fourth-order valence-electron chi connectivity index (χ4n) is 5.48. The molecule has 46 heavy (non-hydrogen) atoms. The molecule has 10 nitrogen and oxygen atoms in total. The van der Waals surface area contributed by atoms with Gasteiger partial charge in [-0.05, 0) is 76.3 Å². The highest BCUT2D eigenvalue weighted by Gasteiger charge is 2.37. The van der Waals surface area contributed by atoms with Crippen molar-refractivity contribution in [2.24, 2.45) is 0 Å². The SMILES string of the molecule is [C-]#[N+]C1=C(C#N)c2cc3c(cc2/C1=C(\C#N)c1cc(C#N)cc(C#N)c1)/C(=C(\[N+]#[C-])c1cc(C#N)cc(C#N)c1)C(C#N)=C3C#N. The van der Waals surface area contributed by atoms with E-state index in [2.05, 4.69) is 15.8 Å². The predicted molar refractivity (Wildman–Crippen MR) is 161 cm³/mol. The third-order valence-electron chi connectivity index (χ3n) is 7.31. The van der Waals surface area contributed by atoms with Crippen LogP contribution < -0.4 is 0 Å². The third kappa shape index (κ3) is 4.27. The number of hydrogen-bond donors (Lipinski definition) is 0. The van der Waals surface area contributed by atoms with E-state index in [1.54, 1.807) is 0 Å². The molecule has 5 rings (SSSR count). The Morgan fingerprint density at radius 1 is 0.478 bits per heavy atom. The molecule has 202 valence electrons. The first kappa shape index (κ1) is 29.0. The molecule has 0 fully saturated rings. The summed E-state index contributed by atoms with van der Waals surface area (Å²) in [5.41, 5.74) is 0.898. The first-order chi connectivity index (χ1) is 22.4. The van der Waals surface area contributed by atoms with Gasteiger partial charge in [0.15, 0.2) is 0 Å². The first-order valence-electron chi connectivity index (χ1n) is 12.8. The Balaban J connectivity index is 1.95. The molecule has 0 unspecified atom stereocenters. The Morgan fingerprint density at radius 2 is 0.935 bits per heavy atom. The van der Waals surface area contributed by atoms with Gasteiger partial charge in [0.1, 0.15) is 6.07 Å². The van der Waals surface area contributed by atoms with Crippen molar-refractivity contribution < 1.29 is 0 Å². The lowest BCUT2D eigenvalue weighted by Crippen LogP contribution is -1.96. The molecule has 0 saturated carbocycles. The van der Waals surface area contributed by atoms with E-state index >= 15 is 0 Å². The van der Waals surface area contributed by atoms with Crippen molar-refractivity contribution in [2.75, 3.05) is 0 Å². The van der Waals surface area contributed by atoms with Gasteiger partial charge in [0.25, 0.3) is 0 Å². The van der Waals surface area contributed by atoms with Crippen molar-refractivity contribution in [3.63, 3.8) is 0 Å². The van der Waals surface area contributed by atoms with Gasteiger partial charge in [-0.1, -0.05) is 0 Å². The molecule has 0 saturated heterocycles. The number of nitrogens with zero attached hydrogens (tertiary/aromatic N) is 10. The molecule has 0 bridgehead atoms. The number of fused-ring (bicyclic) bond motifs is 2. The summed E-state index contributed by atoms with van der Waals surface area (Å²) in [6.45, 7) is 16.0. The second kappa shape index (κ2) is 11.4. The fraction of sp³-hybridized carbons (Fsp3) is 0. The Labute approximate surface area is 262 Å². The maximum Gasteiger partial charge on any atom is 0.214 e. The van der Waals surface area contributed by atoms with Crippen molar-refractivity contribution in [1.29, 1.82) is 42.1 Å². The van der Waals surface area contributed by atoms with Crippen LogP contribution in [0.25, 0.3) is 43.3 Å². The normalized spacial score (nSPS) is 14.2. The minimum Gasteiger partial charge on any atom is -0.237 e. The molecule has 2 aliphatic carbocycles. The van der Waals surface area contributed by atoms with Crippen LogP contribution in [-0.2, 0) is 0 Å². The lowest BCUT2D eigenvalue weighted by molar-refractivity contribution is 1.43. The van der Waals surface area contributed by atoms with Crippen molar-refractivity contribution in [3.8, 4) is 48.6 Å². The third-order valence-corrected chi connectivity index (χ3v) is 7.31. The summed E-state index contributed by atoms with van der Waals surface area (Å²) < 4.78 is 0. The topological polar surface area (TPSA) is 199 Å². The zero-order valence-electron chi connectivity index (χ0n) is 23.1. The van der Waals surface area contributed by atoms with E-state index in [1.807, 2.05) is 42.5 Å². The van der Waals surface area contributed by atoms with Gasteiger partial charge in [-0.25, -0.2) is 9.69 Å². The molecule has 10 heteroatoms. The van der Waals surface area contributed by atoms with Crippen molar-refractivity contribution in [2.45, 2.75) is 0 Å². The number of allylic oxidation sites excluding steroid dienone is 6. The standard InChI is InChI=1S/C36H8N10/c1-45-35(24-7-21(13-39)4-22(8-24)14-40)34-27-10-28-26(9-25(27)30(16-42)31(34)17-43)32(18-44)36(46-2)33(28)29(15-41)23-5-19(11-37)3-20(6-23)12-38/h3-10H/b33-29-,35-34+. The maximum atomic E-state index is 10.4. The summed E-state index contributed by atoms with van der Waals surface area (Å²) in [6.07, 6.45) is 0. The first-order valence-corrected chi connectivity index (χ1v) is 12.8. The Kier molecular flexibility index (Phi) is 7.21. The van der Waals surface area contributed by atoms with E-state index in [0.717, 1.165) is 0 Å². The number of benzene rings is 3. The fourth-order valence-corrected chi connectivity index (χ4v) is 5.48. The highest BCUT2D eigenvalue weighted by Crippen LogP contribution is 2.52. The van der Waals surface area contributed by atoms with E-state index in [9.17, 15) is 42.1 Å². The van der Waals surface area contributed by atoms with Crippen LogP contribution in [0.4, 0.5) is 0 Å². The molecular weight excluding hydrogens is 572 g/mol. The minimum absolute atomic E-state index is 0.0386. The van der Waals surface area contributed by atoms with E-state index in [4.69, 9.17) is 13.1 Å². The second-order valence-electron chi connectivity index (χ2n) is 9.61. The molecule has 3 aromatic carbocycles. The Hall–Kier alpha value is -8.48. The van der Waals surface area contributed by atoms with Crippen LogP contribution in [0.2, 0.25) is 0 Å². The number of nitriles is 8. The number of rotatable bonds is 2. The molecule has 0 aliphatic heterocycles. The average Bonchev–Trinajstić information content (AvgIpc) is 3.57. The summed E-state index contributed by atoms with van der Waals surface area (Å²) in [5, 5.41) is 79.0. The molecule has 0 atom stereocenters. The summed E-state index contributed by atoms with van der Waals surface area (Å²) in [4.78, 5) is 7.21. The van der Waals surface area contributed by atoms with Crippen LogP contribution in [0.3, 0.4) is 0 Å². The molecule has 0 radical (unpaired) electrons. The van der Waals surface area contributed by atoms with Crippen LogP contribution in [-0.4, -0.2) is 0 Å². The number of hydrogen-bond acceptors (Lipinski definition) is 8. The molecule has 0 amide bonds. The highest BCUT2D eigenvalue weighted by atomic mass is 14.7. The lowest BCUT2D eigenvalue weighted by Gasteiger charge is -2.13. The average molecular weight is 581 g/mol. The summed E-state index contributed by atoms with van der Waals surface area (Å²) >= 11 is 0. The smallest absolute Gasteiger partial charge is 0.214 e. The van der Waals surface area contributed by atoms with Gasteiger partial charge in [0, 0.05) is 16.7 Å². The molecule has 0 aromatic heterocycles. The largest absolute Gasteiger partial charge is 0.237 e. The van der Waals surface area contributed by atoms with Crippen molar-refractivity contribution in [3.05, 3.63) is 138 Å². The maximum absolute atomic E-state index is 10.4. The van der Waals surface area contributed by atoms with Crippen LogP contribution in [0, 0.1) is 104 Å². The van der Waals surface area contributed by atoms with Gasteiger partial charge >= 0.3 is 0 Å². The van der Waals surface area contributed by atoms with Gasteiger partial charge < -0.3 is 0 Å². The minimum atomic E-state index is -0.169. The molecule has 0 heterocycles. The Bertz CT molecular complexity index is 2330. The monoisotopic (exact) mass is 580 g/mol. The van der Waals surface area contributed by atoms with E-state index in [0.29, 0.717) is 0 Å². The van der Waals surface area contributed by atoms with Crippen LogP contribution in [0.15, 0.2) is 59.8 Å². The predicted octanol–water partition coefficient (Wildman–Crippen LogP) is 6.38. The summed E-state index contributed by atoms with van der Waals surface area (Å²) in [5.74, 6) is 0. The van der Waals surface area contributed by atoms with Crippen LogP contribution in [0.5, 0.6) is 0 Å². The highest BCUT2D eigenvalue weighted by molar-refractivity contribution is 6.19. The molecule has 0 N–H and O–H groups in total. The van der Waals surface area contributed by atoms with Crippen molar-refractivity contribution in [1.82, 2.24) is 0 Å². The van der Waals surface area contributed by atoms with Crippen molar-refractivity contribution >= 4 is 33.6 Å². The summed E-state index contributed by atoms with van der Waals surface area (Å²) in [7, 11) is 0. The van der Waals surface area contributed by atoms with Gasteiger partial charge in [-0.2, -0.15) is 42.1 Å². The van der Waals surface area contributed by atoms with Gasteiger partial charge in [-0.3, -0.25) is 0 Å². The van der Waals surface area contributed by atoms with Crippen LogP contribution in [0.1, 0.15) is 55.6 Å². The Morgan fingerprint density at radius 3 is 1.37 bits per heavy atom. The molecular formula is C36H8N10. The zero-order chi connectivity index (χ0) is 33.1. The van der Waals surface area contributed by atoms with E-state index in [1.165, 1.54) is 48.5 Å². The van der Waals surface area contributed by atoms with Gasteiger partial charge in [0.2, 0.25) is 11.4 Å². The van der Waals surface area contributed by atoms with Gasteiger partial charge in [0.05, 0.1) is 100 Å². The van der Waals surface area contributed by atoms with Gasteiger partial charge in [-0.15, -0.1) is 0 Å². The lowest BCUT2D eigenvalue weighted by atomic mass is 9.89. The van der Waals surface area contributed by atoms with Crippen LogP contribution >= 0.6 is 0 Å². The molecule has 2 aliphatic rings. The van der Waals surface area contributed by atoms with E-state index < -0.39 is 0 Å². The summed E-state index contributed by atoms with van der Waals surface area (Å²) in [6, 6.07) is 27.0. The molecule has 0 spiro atoms. The zero-order valence-corrected chi connectivity index (χ0v) is 23.1.